The van der Waals surface area contributed by atoms with Gasteiger partial charge in [-0.2, -0.15) is 0 Å². The number of ether oxygens (including phenoxy) is 1. The summed E-state index contributed by atoms with van der Waals surface area (Å²) in [5, 5.41) is 5.42. The molecule has 1 aliphatic heterocycles. The van der Waals surface area contributed by atoms with Crippen molar-refractivity contribution >= 4 is 39.2 Å². The highest BCUT2D eigenvalue weighted by molar-refractivity contribution is 7.99. The summed E-state index contributed by atoms with van der Waals surface area (Å²) in [4.78, 5) is 29.5. The van der Waals surface area contributed by atoms with E-state index in [1.807, 2.05) is 11.4 Å². The molecule has 6 nitrogen and oxygen atoms in total. The van der Waals surface area contributed by atoms with Gasteiger partial charge in [0.05, 0.1) is 17.4 Å². The minimum Gasteiger partial charge on any atom is -0.376 e. The van der Waals surface area contributed by atoms with E-state index in [0.29, 0.717) is 34.4 Å². The zero-order valence-corrected chi connectivity index (χ0v) is 16.8. The summed E-state index contributed by atoms with van der Waals surface area (Å²) in [7, 11) is 0. The van der Waals surface area contributed by atoms with E-state index >= 15 is 0 Å². The molecular formula is C18H25N3O3S2. The lowest BCUT2D eigenvalue weighted by molar-refractivity contribution is -0.119. The maximum atomic E-state index is 12.8. The summed E-state index contributed by atoms with van der Waals surface area (Å²) in [6.45, 7) is 6.22. The van der Waals surface area contributed by atoms with Gasteiger partial charge in [0.1, 0.15) is 4.70 Å². The van der Waals surface area contributed by atoms with Gasteiger partial charge < -0.3 is 10.1 Å². The summed E-state index contributed by atoms with van der Waals surface area (Å²) in [5.41, 5.74) is 0.705. The SMILES string of the molecule is CC(C)CCn1c(SCC(=O)NCC2CCCO2)nc2ccsc2c1=O. The molecule has 3 rings (SSSR count). The van der Waals surface area contributed by atoms with Gasteiger partial charge >= 0.3 is 0 Å². The lowest BCUT2D eigenvalue weighted by atomic mass is 10.1. The summed E-state index contributed by atoms with van der Waals surface area (Å²) >= 11 is 2.74. The smallest absolute Gasteiger partial charge is 0.272 e. The van der Waals surface area contributed by atoms with Crippen LogP contribution in [0, 0.1) is 5.92 Å². The van der Waals surface area contributed by atoms with Gasteiger partial charge in [0, 0.05) is 19.7 Å². The third-order valence-electron chi connectivity index (χ3n) is 4.34. The summed E-state index contributed by atoms with van der Waals surface area (Å²) in [5.74, 6) is 0.685. The number of thiophene rings is 1. The van der Waals surface area contributed by atoms with Crippen molar-refractivity contribution in [3.8, 4) is 0 Å². The molecule has 2 aromatic heterocycles. The molecular weight excluding hydrogens is 370 g/mol. The van der Waals surface area contributed by atoms with Crippen molar-refractivity contribution in [2.45, 2.75) is 50.9 Å². The van der Waals surface area contributed by atoms with Crippen LogP contribution in [0.1, 0.15) is 33.1 Å². The molecule has 0 saturated carbocycles. The minimum atomic E-state index is -0.0550. The van der Waals surface area contributed by atoms with Crippen LogP contribution in [0.3, 0.4) is 0 Å². The topological polar surface area (TPSA) is 73.2 Å². The van der Waals surface area contributed by atoms with Crippen LogP contribution in [0.15, 0.2) is 21.4 Å². The Bertz CT molecular complexity index is 810. The number of amides is 1. The van der Waals surface area contributed by atoms with Crippen molar-refractivity contribution < 1.29 is 9.53 Å². The number of nitrogens with one attached hydrogen (secondary N) is 1. The van der Waals surface area contributed by atoms with Crippen LogP contribution in [0.25, 0.3) is 10.2 Å². The third-order valence-corrected chi connectivity index (χ3v) is 6.21. The molecule has 1 unspecified atom stereocenters. The van der Waals surface area contributed by atoms with Crippen molar-refractivity contribution in [1.29, 1.82) is 0 Å². The number of thioether (sulfide) groups is 1. The van der Waals surface area contributed by atoms with Crippen molar-refractivity contribution in [2.24, 2.45) is 5.92 Å². The molecule has 0 bridgehead atoms. The van der Waals surface area contributed by atoms with E-state index in [9.17, 15) is 9.59 Å². The van der Waals surface area contributed by atoms with Crippen LogP contribution in [0.5, 0.6) is 0 Å². The Labute approximate surface area is 161 Å². The maximum absolute atomic E-state index is 12.8. The number of hydrogen-bond acceptors (Lipinski definition) is 6. The van der Waals surface area contributed by atoms with Crippen LogP contribution in [-0.4, -0.2) is 40.5 Å². The van der Waals surface area contributed by atoms with Crippen LogP contribution >= 0.6 is 23.1 Å². The fraction of sp³-hybridized carbons (Fsp3) is 0.611. The Morgan fingerprint density at radius 1 is 1.54 bits per heavy atom. The highest BCUT2D eigenvalue weighted by Crippen LogP contribution is 2.21. The molecule has 26 heavy (non-hydrogen) atoms. The van der Waals surface area contributed by atoms with Gasteiger partial charge in [-0.3, -0.25) is 14.2 Å². The average Bonchev–Trinajstić information content (AvgIpc) is 3.28. The number of fused-ring (bicyclic) bond motifs is 1. The number of rotatable bonds is 8. The lowest BCUT2D eigenvalue weighted by Crippen LogP contribution is -2.33. The summed E-state index contributed by atoms with van der Waals surface area (Å²) in [6, 6.07) is 1.86. The maximum Gasteiger partial charge on any atom is 0.272 e. The molecule has 1 fully saturated rings. The molecule has 3 heterocycles. The molecule has 0 radical (unpaired) electrons. The zero-order chi connectivity index (χ0) is 18.5. The molecule has 2 aromatic rings. The van der Waals surface area contributed by atoms with Gasteiger partial charge in [-0.25, -0.2) is 4.98 Å². The van der Waals surface area contributed by atoms with Gasteiger partial charge in [-0.05, 0) is 36.6 Å². The largest absolute Gasteiger partial charge is 0.376 e. The Balaban J connectivity index is 1.67. The number of aromatic nitrogens is 2. The Kier molecular flexibility index (Phi) is 6.72. The summed E-state index contributed by atoms with van der Waals surface area (Å²) in [6.07, 6.45) is 3.09. The van der Waals surface area contributed by atoms with Gasteiger partial charge in [-0.1, -0.05) is 25.6 Å². The molecule has 8 heteroatoms. The summed E-state index contributed by atoms with van der Waals surface area (Å²) < 4.78 is 7.92. The molecule has 142 valence electrons. The first-order valence-electron chi connectivity index (χ1n) is 9.03. The molecule has 0 aliphatic carbocycles. The van der Waals surface area contributed by atoms with E-state index in [1.165, 1.54) is 23.1 Å². The third kappa shape index (κ3) is 4.86. The van der Waals surface area contributed by atoms with Crippen molar-refractivity contribution in [3.05, 3.63) is 21.8 Å². The molecule has 0 spiro atoms. The second kappa shape index (κ2) is 9.01. The monoisotopic (exact) mass is 395 g/mol. The first kappa shape index (κ1) is 19.4. The van der Waals surface area contributed by atoms with Crippen LogP contribution in [0.2, 0.25) is 0 Å². The number of carbonyl (C=O) groups excluding carboxylic acids is 1. The van der Waals surface area contributed by atoms with Crippen molar-refractivity contribution in [1.82, 2.24) is 14.9 Å². The first-order valence-corrected chi connectivity index (χ1v) is 10.9. The minimum absolute atomic E-state index is 0.00656. The highest BCUT2D eigenvalue weighted by atomic mass is 32.2. The highest BCUT2D eigenvalue weighted by Gasteiger charge is 2.17. The standard InChI is InChI=1S/C18H25N3O3S2/c1-12(2)5-7-21-17(23)16-14(6-9-25-16)20-18(21)26-11-15(22)19-10-13-4-3-8-24-13/h6,9,12-13H,3-5,7-8,10-11H2,1-2H3,(H,19,22). The van der Waals surface area contributed by atoms with Gasteiger partial charge in [0.15, 0.2) is 5.16 Å². The van der Waals surface area contributed by atoms with E-state index in [-0.39, 0.29) is 23.3 Å². The number of nitrogens with zero attached hydrogens (tertiary/aromatic N) is 2. The van der Waals surface area contributed by atoms with Crippen LogP contribution in [-0.2, 0) is 16.1 Å². The predicted octanol–water partition coefficient (Wildman–Crippen LogP) is 2.89. The van der Waals surface area contributed by atoms with E-state index in [2.05, 4.69) is 24.1 Å². The molecule has 1 aliphatic rings. The van der Waals surface area contributed by atoms with Crippen LogP contribution < -0.4 is 10.9 Å². The molecule has 1 N–H and O–H groups in total. The lowest BCUT2D eigenvalue weighted by Gasteiger charge is -2.14. The Morgan fingerprint density at radius 2 is 2.38 bits per heavy atom. The average molecular weight is 396 g/mol. The van der Waals surface area contributed by atoms with Crippen molar-refractivity contribution in [2.75, 3.05) is 18.9 Å². The zero-order valence-electron chi connectivity index (χ0n) is 15.2. The Morgan fingerprint density at radius 3 is 3.12 bits per heavy atom. The van der Waals surface area contributed by atoms with Gasteiger partial charge in [-0.15, -0.1) is 11.3 Å². The molecule has 1 saturated heterocycles. The van der Waals surface area contributed by atoms with E-state index in [0.717, 1.165) is 25.9 Å². The van der Waals surface area contributed by atoms with Gasteiger partial charge in [0.25, 0.3) is 5.56 Å². The van der Waals surface area contributed by atoms with Gasteiger partial charge in [0.2, 0.25) is 5.91 Å². The van der Waals surface area contributed by atoms with E-state index in [1.54, 1.807) is 4.57 Å². The first-order chi connectivity index (χ1) is 12.5. The van der Waals surface area contributed by atoms with Crippen LogP contribution in [0.4, 0.5) is 0 Å². The Hall–Kier alpha value is -1.38. The second-order valence-electron chi connectivity index (χ2n) is 6.90. The van der Waals surface area contributed by atoms with E-state index in [4.69, 9.17) is 4.74 Å². The van der Waals surface area contributed by atoms with Crippen molar-refractivity contribution in [3.63, 3.8) is 0 Å². The predicted molar refractivity (Wildman–Crippen MR) is 106 cm³/mol. The van der Waals surface area contributed by atoms with E-state index < -0.39 is 0 Å². The second-order valence-corrected chi connectivity index (χ2v) is 8.76. The number of carbonyl (C=O) groups is 1. The fourth-order valence-electron chi connectivity index (χ4n) is 2.83. The molecule has 1 amide bonds. The molecule has 1 atom stereocenters. The number of hydrogen-bond donors (Lipinski definition) is 1. The fourth-order valence-corrected chi connectivity index (χ4v) is 4.47. The molecule has 0 aromatic carbocycles. The quantitative estimate of drug-likeness (QED) is 0.550. The normalized spacial score (nSPS) is 17.3.